The first kappa shape index (κ1) is 17.0. The molecule has 0 spiro atoms. The van der Waals surface area contributed by atoms with E-state index < -0.39 is 6.10 Å². The molecule has 5 nitrogen and oxygen atoms in total. The number of aryl methyl sites for hydroxylation is 1. The van der Waals surface area contributed by atoms with E-state index in [-0.39, 0.29) is 6.04 Å². The van der Waals surface area contributed by atoms with Gasteiger partial charge in [0.15, 0.2) is 11.5 Å². The van der Waals surface area contributed by atoms with Crippen molar-refractivity contribution in [1.82, 2.24) is 10.3 Å². The van der Waals surface area contributed by atoms with Crippen molar-refractivity contribution in [2.45, 2.75) is 26.0 Å². The highest BCUT2D eigenvalue weighted by atomic mass is 35.5. The summed E-state index contributed by atoms with van der Waals surface area (Å²) in [7, 11) is 0. The highest BCUT2D eigenvalue weighted by Crippen LogP contribution is 2.39. The number of aromatic nitrogens is 1. The summed E-state index contributed by atoms with van der Waals surface area (Å²) in [6.07, 6.45) is 2.93. The molecule has 128 valence electrons. The lowest BCUT2D eigenvalue weighted by Crippen LogP contribution is -2.25. The maximum atomic E-state index is 10.5. The molecule has 0 unspecified atom stereocenters. The molecule has 0 fully saturated rings. The highest BCUT2D eigenvalue weighted by Gasteiger charge is 2.20. The van der Waals surface area contributed by atoms with Crippen molar-refractivity contribution in [2.24, 2.45) is 0 Å². The summed E-state index contributed by atoms with van der Waals surface area (Å²) in [4.78, 5) is 4.16. The molecule has 0 radical (unpaired) electrons. The molecule has 0 saturated carbocycles. The molecule has 2 aromatic rings. The number of pyridine rings is 1. The van der Waals surface area contributed by atoms with Crippen LogP contribution in [0.4, 0.5) is 0 Å². The zero-order valence-electron chi connectivity index (χ0n) is 13.8. The van der Waals surface area contributed by atoms with Crippen LogP contribution in [0.2, 0.25) is 5.02 Å². The molecule has 3 rings (SSSR count). The van der Waals surface area contributed by atoms with Gasteiger partial charge >= 0.3 is 0 Å². The smallest absolute Gasteiger partial charge is 0.179 e. The van der Waals surface area contributed by atoms with Gasteiger partial charge in [0.25, 0.3) is 0 Å². The standard InChI is InChI=1S/C18H21ClN2O3/c1-11-3-4-20-9-14(11)12(2)21-10-16(22)13-7-15(19)18-17(8-13)23-5-6-24-18/h3-4,7-9,12,16,21-22H,5-6,10H2,1-2H3/t12-,16-/m0/s1. The predicted octanol–water partition coefficient (Wildman–Crippen LogP) is 3.20. The normalized spacial score (nSPS) is 15.8. The van der Waals surface area contributed by atoms with Crippen LogP contribution in [0.3, 0.4) is 0 Å². The summed E-state index contributed by atoms with van der Waals surface area (Å²) < 4.78 is 11.1. The Labute approximate surface area is 146 Å². The van der Waals surface area contributed by atoms with Crippen LogP contribution < -0.4 is 14.8 Å². The number of aliphatic hydroxyl groups is 1. The van der Waals surface area contributed by atoms with E-state index in [2.05, 4.69) is 10.3 Å². The predicted molar refractivity (Wildman–Crippen MR) is 92.8 cm³/mol. The van der Waals surface area contributed by atoms with Crippen molar-refractivity contribution in [3.05, 3.63) is 52.3 Å². The van der Waals surface area contributed by atoms with E-state index in [1.54, 1.807) is 18.3 Å². The topological polar surface area (TPSA) is 63.6 Å². The summed E-state index contributed by atoms with van der Waals surface area (Å²) in [5.74, 6) is 1.13. The lowest BCUT2D eigenvalue weighted by atomic mass is 10.0. The van der Waals surface area contributed by atoms with Crippen LogP contribution in [0.25, 0.3) is 0 Å². The minimum Gasteiger partial charge on any atom is -0.486 e. The van der Waals surface area contributed by atoms with Gasteiger partial charge in [0.2, 0.25) is 0 Å². The van der Waals surface area contributed by atoms with E-state index in [9.17, 15) is 5.11 Å². The Morgan fingerprint density at radius 1 is 1.33 bits per heavy atom. The molecule has 0 aliphatic carbocycles. The first-order valence-corrected chi connectivity index (χ1v) is 8.35. The van der Waals surface area contributed by atoms with Gasteiger partial charge in [0.1, 0.15) is 13.2 Å². The first-order chi connectivity index (χ1) is 11.6. The Bertz CT molecular complexity index is 723. The van der Waals surface area contributed by atoms with Crippen LogP contribution in [-0.4, -0.2) is 29.8 Å². The van der Waals surface area contributed by atoms with Gasteiger partial charge in [-0.3, -0.25) is 4.98 Å². The van der Waals surface area contributed by atoms with E-state index in [0.29, 0.717) is 41.8 Å². The number of fused-ring (bicyclic) bond motifs is 1. The molecule has 1 aliphatic heterocycles. The Hall–Kier alpha value is -1.82. The van der Waals surface area contributed by atoms with Crippen LogP contribution in [0.5, 0.6) is 11.5 Å². The Kier molecular flexibility index (Phi) is 5.23. The lowest BCUT2D eigenvalue weighted by Gasteiger charge is -2.23. The number of rotatable bonds is 5. The van der Waals surface area contributed by atoms with E-state index >= 15 is 0 Å². The minimum absolute atomic E-state index is 0.0843. The monoisotopic (exact) mass is 348 g/mol. The number of aliphatic hydroxyl groups excluding tert-OH is 1. The van der Waals surface area contributed by atoms with Crippen LogP contribution >= 0.6 is 11.6 Å². The van der Waals surface area contributed by atoms with Crippen molar-refractivity contribution in [3.8, 4) is 11.5 Å². The summed E-state index contributed by atoms with van der Waals surface area (Å²) in [6, 6.07) is 5.57. The molecule has 24 heavy (non-hydrogen) atoms. The molecule has 2 atom stereocenters. The minimum atomic E-state index is -0.697. The van der Waals surface area contributed by atoms with Gasteiger partial charge < -0.3 is 19.9 Å². The summed E-state index contributed by atoms with van der Waals surface area (Å²) in [5, 5.41) is 14.3. The fraction of sp³-hybridized carbons (Fsp3) is 0.389. The lowest BCUT2D eigenvalue weighted by molar-refractivity contribution is 0.161. The van der Waals surface area contributed by atoms with Crippen molar-refractivity contribution in [1.29, 1.82) is 0 Å². The molecule has 2 N–H and O–H groups in total. The zero-order chi connectivity index (χ0) is 17.1. The Morgan fingerprint density at radius 2 is 2.12 bits per heavy atom. The van der Waals surface area contributed by atoms with Crippen LogP contribution in [0, 0.1) is 6.92 Å². The van der Waals surface area contributed by atoms with Crippen molar-refractivity contribution in [3.63, 3.8) is 0 Å². The second-order valence-electron chi connectivity index (χ2n) is 5.90. The van der Waals surface area contributed by atoms with E-state index in [1.165, 1.54) is 5.56 Å². The average molecular weight is 349 g/mol. The van der Waals surface area contributed by atoms with Gasteiger partial charge in [0, 0.05) is 25.0 Å². The van der Waals surface area contributed by atoms with Gasteiger partial charge in [-0.15, -0.1) is 0 Å². The molecular weight excluding hydrogens is 328 g/mol. The van der Waals surface area contributed by atoms with Gasteiger partial charge in [-0.1, -0.05) is 11.6 Å². The van der Waals surface area contributed by atoms with Crippen molar-refractivity contribution < 1.29 is 14.6 Å². The van der Waals surface area contributed by atoms with Gasteiger partial charge in [0.05, 0.1) is 11.1 Å². The first-order valence-electron chi connectivity index (χ1n) is 7.97. The molecule has 6 heteroatoms. The van der Waals surface area contributed by atoms with E-state index in [0.717, 1.165) is 5.56 Å². The molecule has 2 heterocycles. The van der Waals surface area contributed by atoms with Gasteiger partial charge in [-0.05, 0) is 48.7 Å². The third kappa shape index (κ3) is 3.64. The largest absolute Gasteiger partial charge is 0.486 e. The molecule has 0 bridgehead atoms. The molecule has 1 aromatic heterocycles. The fourth-order valence-corrected chi connectivity index (χ4v) is 3.04. The number of nitrogens with zero attached hydrogens (tertiary/aromatic N) is 1. The Morgan fingerprint density at radius 3 is 2.92 bits per heavy atom. The summed E-state index contributed by atoms with van der Waals surface area (Å²) >= 11 is 6.23. The average Bonchev–Trinajstić information content (AvgIpc) is 2.59. The number of ether oxygens (including phenoxy) is 2. The summed E-state index contributed by atoms with van der Waals surface area (Å²) in [5.41, 5.74) is 2.98. The second-order valence-corrected chi connectivity index (χ2v) is 6.31. The van der Waals surface area contributed by atoms with Gasteiger partial charge in [-0.2, -0.15) is 0 Å². The van der Waals surface area contributed by atoms with E-state index in [1.807, 2.05) is 26.1 Å². The number of hydrogen-bond donors (Lipinski definition) is 2. The fourth-order valence-electron chi connectivity index (χ4n) is 2.77. The van der Waals surface area contributed by atoms with Crippen molar-refractivity contribution in [2.75, 3.05) is 19.8 Å². The molecule has 1 aromatic carbocycles. The number of hydrogen-bond acceptors (Lipinski definition) is 5. The van der Waals surface area contributed by atoms with Crippen LogP contribution in [0.1, 0.15) is 35.8 Å². The summed E-state index contributed by atoms with van der Waals surface area (Å²) in [6.45, 7) is 5.46. The zero-order valence-corrected chi connectivity index (χ0v) is 14.5. The number of benzene rings is 1. The SMILES string of the molecule is Cc1ccncc1[C@H](C)NC[C@H](O)c1cc(Cl)c2c(c1)OCCO2. The third-order valence-electron chi connectivity index (χ3n) is 4.17. The number of halogens is 1. The van der Waals surface area contributed by atoms with Crippen LogP contribution in [-0.2, 0) is 0 Å². The number of nitrogens with one attached hydrogen (secondary N) is 1. The maximum Gasteiger partial charge on any atom is 0.179 e. The highest BCUT2D eigenvalue weighted by molar-refractivity contribution is 6.32. The van der Waals surface area contributed by atoms with Crippen molar-refractivity contribution >= 4 is 11.6 Å². The third-order valence-corrected chi connectivity index (χ3v) is 4.45. The molecule has 0 amide bonds. The van der Waals surface area contributed by atoms with E-state index in [4.69, 9.17) is 21.1 Å². The van der Waals surface area contributed by atoms with Crippen LogP contribution in [0.15, 0.2) is 30.6 Å². The molecular formula is C18H21ClN2O3. The van der Waals surface area contributed by atoms with Gasteiger partial charge in [-0.25, -0.2) is 0 Å². The molecule has 0 saturated heterocycles. The second kappa shape index (κ2) is 7.38. The Balaban J connectivity index is 1.68. The molecule has 1 aliphatic rings. The maximum absolute atomic E-state index is 10.5. The quantitative estimate of drug-likeness (QED) is 0.868.